The molecule has 0 aliphatic heterocycles. The fourth-order valence-corrected chi connectivity index (χ4v) is 2.12. The summed E-state index contributed by atoms with van der Waals surface area (Å²) in [6, 6.07) is 11.3. The van der Waals surface area contributed by atoms with Gasteiger partial charge in [0.15, 0.2) is 0 Å². The number of hydrogen-bond donors (Lipinski definition) is 2. The second kappa shape index (κ2) is 5.65. The summed E-state index contributed by atoms with van der Waals surface area (Å²) >= 11 is 0. The van der Waals surface area contributed by atoms with Crippen LogP contribution < -0.4 is 16.4 Å². The van der Waals surface area contributed by atoms with Gasteiger partial charge in [-0.25, -0.2) is 4.68 Å². The van der Waals surface area contributed by atoms with Gasteiger partial charge in [-0.15, -0.1) is 0 Å². The fourth-order valence-electron chi connectivity index (χ4n) is 2.12. The molecule has 3 aromatic rings. The topological polar surface area (TPSA) is 96.9 Å². The van der Waals surface area contributed by atoms with Gasteiger partial charge in [0, 0.05) is 23.7 Å². The van der Waals surface area contributed by atoms with E-state index in [-0.39, 0.29) is 6.54 Å². The number of carbonyl (C=O) groups is 1. The zero-order valence-electron chi connectivity index (χ0n) is 11.4. The Morgan fingerprint density at radius 2 is 1.95 bits per heavy atom. The molecule has 0 aliphatic carbocycles. The molecule has 2 heterocycles. The molecule has 110 valence electrons. The first-order chi connectivity index (χ1) is 10.6. The minimum absolute atomic E-state index is 0.280. The number of rotatable bonds is 3. The molecule has 2 aromatic heterocycles. The van der Waals surface area contributed by atoms with Crippen molar-refractivity contribution in [3.8, 4) is 0 Å². The maximum absolute atomic E-state index is 12.1. The number of fused-ring (bicyclic) bond motifs is 1. The van der Waals surface area contributed by atoms with Gasteiger partial charge in [-0.05, 0) is 12.1 Å². The molecule has 7 nitrogen and oxygen atoms in total. The van der Waals surface area contributed by atoms with Crippen molar-refractivity contribution in [2.75, 3.05) is 5.32 Å². The number of nitrogens with one attached hydrogen (secondary N) is 2. The summed E-state index contributed by atoms with van der Waals surface area (Å²) in [4.78, 5) is 39.1. The molecule has 22 heavy (non-hydrogen) atoms. The lowest BCUT2D eigenvalue weighted by atomic mass is 10.2. The van der Waals surface area contributed by atoms with E-state index in [0.717, 1.165) is 22.2 Å². The smallest absolute Gasteiger partial charge is 0.265 e. The molecule has 0 unspecified atom stereocenters. The van der Waals surface area contributed by atoms with E-state index in [4.69, 9.17) is 0 Å². The summed E-state index contributed by atoms with van der Waals surface area (Å²) in [5, 5.41) is 5.89. The quantitative estimate of drug-likeness (QED) is 0.744. The van der Waals surface area contributed by atoms with Crippen LogP contribution >= 0.6 is 0 Å². The minimum Gasteiger partial charge on any atom is -0.323 e. The lowest BCUT2D eigenvalue weighted by Crippen LogP contribution is -2.32. The van der Waals surface area contributed by atoms with Crippen LogP contribution in [0.5, 0.6) is 0 Å². The molecular formula is C15H12N4O3. The summed E-state index contributed by atoms with van der Waals surface area (Å²) < 4.78 is 0.955. The highest BCUT2D eigenvalue weighted by molar-refractivity contribution is 6.00. The van der Waals surface area contributed by atoms with Crippen LogP contribution in [-0.2, 0) is 11.3 Å². The van der Waals surface area contributed by atoms with Crippen LogP contribution in [-0.4, -0.2) is 20.7 Å². The van der Waals surface area contributed by atoms with Crippen molar-refractivity contribution >= 4 is 22.5 Å². The number of pyridine rings is 1. The molecule has 0 saturated heterocycles. The molecule has 0 spiro atoms. The molecule has 2 N–H and O–H groups in total. The molecule has 0 radical (unpaired) electrons. The van der Waals surface area contributed by atoms with Crippen LogP contribution in [0.1, 0.15) is 0 Å². The van der Waals surface area contributed by atoms with E-state index in [1.807, 2.05) is 18.2 Å². The number of hydrogen-bond acceptors (Lipinski definition) is 4. The van der Waals surface area contributed by atoms with Crippen LogP contribution in [0, 0.1) is 0 Å². The summed E-state index contributed by atoms with van der Waals surface area (Å²) in [5.41, 5.74) is 0.312. The molecular weight excluding hydrogens is 284 g/mol. The number of aromatic nitrogens is 3. The maximum Gasteiger partial charge on any atom is 0.265 e. The predicted octanol–water partition coefficient (Wildman–Crippen LogP) is 0.723. The highest BCUT2D eigenvalue weighted by Crippen LogP contribution is 2.20. The molecule has 0 bridgehead atoms. The van der Waals surface area contributed by atoms with Crippen LogP contribution in [0.25, 0.3) is 10.9 Å². The second-order valence-electron chi connectivity index (χ2n) is 4.66. The molecule has 1 aromatic carbocycles. The molecule has 3 rings (SSSR count). The molecule has 0 saturated carbocycles. The van der Waals surface area contributed by atoms with E-state index in [0.29, 0.717) is 11.2 Å². The van der Waals surface area contributed by atoms with Gasteiger partial charge in [0.25, 0.3) is 11.1 Å². The maximum atomic E-state index is 12.1. The number of amides is 1. The lowest BCUT2D eigenvalue weighted by molar-refractivity contribution is -0.117. The Bertz CT molecular complexity index is 953. The van der Waals surface area contributed by atoms with E-state index in [2.05, 4.69) is 15.4 Å². The van der Waals surface area contributed by atoms with Gasteiger partial charge >= 0.3 is 0 Å². The van der Waals surface area contributed by atoms with Gasteiger partial charge in [-0.1, -0.05) is 18.2 Å². The Morgan fingerprint density at radius 3 is 2.82 bits per heavy atom. The SMILES string of the molecule is O=C(Cn1[nH]c(=O)ccc1=O)Nc1cccc2cccnc12. The Morgan fingerprint density at radius 1 is 1.14 bits per heavy atom. The zero-order valence-corrected chi connectivity index (χ0v) is 11.4. The average Bonchev–Trinajstić information content (AvgIpc) is 2.51. The van der Waals surface area contributed by atoms with E-state index in [1.54, 1.807) is 18.3 Å². The van der Waals surface area contributed by atoms with Gasteiger partial charge in [0.2, 0.25) is 5.91 Å². The lowest BCUT2D eigenvalue weighted by Gasteiger charge is -2.08. The van der Waals surface area contributed by atoms with Crippen molar-refractivity contribution in [3.05, 3.63) is 69.4 Å². The molecule has 0 atom stereocenters. The number of carbonyl (C=O) groups excluding carboxylic acids is 1. The van der Waals surface area contributed by atoms with Crippen molar-refractivity contribution in [2.24, 2.45) is 0 Å². The monoisotopic (exact) mass is 296 g/mol. The Labute approximate surface area is 124 Å². The van der Waals surface area contributed by atoms with E-state index < -0.39 is 17.0 Å². The van der Waals surface area contributed by atoms with Crippen molar-refractivity contribution in [1.82, 2.24) is 14.8 Å². The van der Waals surface area contributed by atoms with Crippen molar-refractivity contribution in [1.29, 1.82) is 0 Å². The van der Waals surface area contributed by atoms with Crippen molar-refractivity contribution in [3.63, 3.8) is 0 Å². The van der Waals surface area contributed by atoms with Crippen molar-refractivity contribution < 1.29 is 4.79 Å². The van der Waals surface area contributed by atoms with Crippen LogP contribution in [0.3, 0.4) is 0 Å². The zero-order chi connectivity index (χ0) is 15.5. The van der Waals surface area contributed by atoms with Gasteiger partial charge < -0.3 is 5.32 Å². The summed E-state index contributed by atoms with van der Waals surface area (Å²) in [7, 11) is 0. The second-order valence-corrected chi connectivity index (χ2v) is 4.66. The Balaban J connectivity index is 1.86. The van der Waals surface area contributed by atoms with Crippen molar-refractivity contribution in [2.45, 2.75) is 6.54 Å². The summed E-state index contributed by atoms with van der Waals surface area (Å²) in [5.74, 6) is -0.429. The summed E-state index contributed by atoms with van der Waals surface area (Å²) in [6.45, 7) is -0.280. The highest BCUT2D eigenvalue weighted by Gasteiger charge is 2.08. The number of para-hydroxylation sites is 1. The number of aromatic amines is 1. The standard InChI is InChI=1S/C15H12N4O3/c20-12-6-7-14(22)19(18-12)9-13(21)17-11-5-1-3-10-4-2-8-16-15(10)11/h1-8H,9H2,(H,17,21)(H,18,20). The highest BCUT2D eigenvalue weighted by atomic mass is 16.2. The van der Waals surface area contributed by atoms with Crippen LogP contribution in [0.15, 0.2) is 58.3 Å². The molecule has 1 amide bonds. The normalized spacial score (nSPS) is 10.5. The van der Waals surface area contributed by atoms with E-state index in [1.165, 1.54) is 0 Å². The third kappa shape index (κ3) is 2.78. The Kier molecular flexibility index (Phi) is 3.53. The first kappa shape index (κ1) is 13.7. The molecule has 0 aliphatic rings. The number of nitrogens with zero attached hydrogens (tertiary/aromatic N) is 2. The van der Waals surface area contributed by atoms with Gasteiger partial charge in [-0.3, -0.25) is 24.5 Å². The first-order valence-corrected chi connectivity index (χ1v) is 6.57. The number of H-pyrrole nitrogens is 1. The minimum atomic E-state index is -0.453. The van der Waals surface area contributed by atoms with Gasteiger partial charge in [0.05, 0.1) is 11.2 Å². The molecule has 0 fully saturated rings. The third-order valence-electron chi connectivity index (χ3n) is 3.10. The molecule has 7 heteroatoms. The van der Waals surface area contributed by atoms with E-state index >= 15 is 0 Å². The van der Waals surface area contributed by atoms with Crippen LogP contribution in [0.2, 0.25) is 0 Å². The van der Waals surface area contributed by atoms with Crippen LogP contribution in [0.4, 0.5) is 5.69 Å². The summed E-state index contributed by atoms with van der Waals surface area (Å²) in [6.07, 6.45) is 1.64. The predicted molar refractivity (Wildman–Crippen MR) is 81.7 cm³/mol. The van der Waals surface area contributed by atoms with Gasteiger partial charge in [-0.2, -0.15) is 0 Å². The van der Waals surface area contributed by atoms with E-state index in [9.17, 15) is 14.4 Å². The van der Waals surface area contributed by atoms with Gasteiger partial charge in [0.1, 0.15) is 6.54 Å². The number of benzene rings is 1. The first-order valence-electron chi connectivity index (χ1n) is 6.57. The Hall–Kier alpha value is -3.22. The average molecular weight is 296 g/mol. The fraction of sp³-hybridized carbons (Fsp3) is 0.0667. The third-order valence-corrected chi connectivity index (χ3v) is 3.10. The number of anilines is 1. The largest absolute Gasteiger partial charge is 0.323 e.